The number of rotatable bonds is 4. The predicted molar refractivity (Wildman–Crippen MR) is 128 cm³/mol. The Morgan fingerprint density at radius 2 is 1.82 bits per heavy atom. The Labute approximate surface area is 192 Å². The number of carbonyl (C=O) groups is 1. The van der Waals surface area contributed by atoms with Crippen LogP contribution in [-0.2, 0) is 6.54 Å². The monoisotopic (exact) mass is 438 g/mol. The minimum Gasteiger partial charge on any atom is -0.450 e. The summed E-state index contributed by atoms with van der Waals surface area (Å²) in [6.45, 7) is 8.48. The van der Waals surface area contributed by atoms with E-state index in [1.807, 2.05) is 50.2 Å². The molecule has 0 aliphatic carbocycles. The normalized spacial score (nSPS) is 15.5. The Morgan fingerprint density at radius 1 is 1.06 bits per heavy atom. The first-order valence-corrected chi connectivity index (χ1v) is 11.2. The van der Waals surface area contributed by atoms with E-state index in [0.29, 0.717) is 29.0 Å². The van der Waals surface area contributed by atoms with E-state index < -0.39 is 6.04 Å². The first kappa shape index (κ1) is 21.1. The van der Waals surface area contributed by atoms with Crippen molar-refractivity contribution in [2.45, 2.75) is 46.2 Å². The summed E-state index contributed by atoms with van der Waals surface area (Å²) in [4.78, 5) is 33.3. The van der Waals surface area contributed by atoms with Crippen molar-refractivity contribution in [3.8, 4) is 0 Å². The third-order valence-electron chi connectivity index (χ3n) is 6.39. The van der Waals surface area contributed by atoms with Gasteiger partial charge in [-0.15, -0.1) is 0 Å². The van der Waals surface area contributed by atoms with Gasteiger partial charge in [-0.1, -0.05) is 50.2 Å². The first-order valence-electron chi connectivity index (χ1n) is 11.2. The molecule has 0 bridgehead atoms. The molecule has 5 heteroatoms. The molecular formula is C28H26N2O3. The maximum Gasteiger partial charge on any atom is 0.291 e. The van der Waals surface area contributed by atoms with Crippen molar-refractivity contribution in [1.29, 1.82) is 0 Å². The van der Waals surface area contributed by atoms with E-state index in [9.17, 15) is 9.59 Å². The second-order valence-electron chi connectivity index (χ2n) is 9.15. The van der Waals surface area contributed by atoms with Crippen molar-refractivity contribution >= 4 is 16.9 Å². The van der Waals surface area contributed by atoms with Gasteiger partial charge in [-0.05, 0) is 59.7 Å². The van der Waals surface area contributed by atoms with Crippen molar-refractivity contribution in [1.82, 2.24) is 9.88 Å². The molecule has 2 aromatic carbocycles. The lowest BCUT2D eigenvalue weighted by Gasteiger charge is -2.25. The van der Waals surface area contributed by atoms with Crippen LogP contribution in [0.5, 0.6) is 0 Å². The van der Waals surface area contributed by atoms with Gasteiger partial charge < -0.3 is 9.32 Å². The number of hydrogen-bond donors (Lipinski definition) is 0. The van der Waals surface area contributed by atoms with E-state index in [4.69, 9.17) is 4.42 Å². The number of nitrogens with zero attached hydrogens (tertiary/aromatic N) is 2. The second kappa shape index (κ2) is 8.00. The van der Waals surface area contributed by atoms with Crippen molar-refractivity contribution in [2.24, 2.45) is 0 Å². The van der Waals surface area contributed by atoms with Gasteiger partial charge in [0.15, 0.2) is 5.43 Å². The average Bonchev–Trinajstić information content (AvgIpc) is 3.07. The number of amides is 1. The summed E-state index contributed by atoms with van der Waals surface area (Å²) >= 11 is 0. The van der Waals surface area contributed by atoms with Crippen molar-refractivity contribution < 1.29 is 9.21 Å². The smallest absolute Gasteiger partial charge is 0.291 e. The number of aryl methyl sites for hydroxylation is 2. The quantitative estimate of drug-likeness (QED) is 0.412. The third-order valence-corrected chi connectivity index (χ3v) is 6.39. The number of benzene rings is 2. The summed E-state index contributed by atoms with van der Waals surface area (Å²) in [7, 11) is 0. The molecule has 1 atom stereocenters. The highest BCUT2D eigenvalue weighted by atomic mass is 16.3. The van der Waals surface area contributed by atoms with Crippen LogP contribution in [0.2, 0.25) is 0 Å². The zero-order valence-corrected chi connectivity index (χ0v) is 19.3. The maximum absolute atomic E-state index is 13.8. The number of aromatic nitrogens is 1. The molecule has 1 amide bonds. The largest absolute Gasteiger partial charge is 0.450 e. The molecule has 0 spiro atoms. The molecule has 0 fully saturated rings. The molecule has 2 aromatic heterocycles. The van der Waals surface area contributed by atoms with Crippen LogP contribution in [0.15, 0.2) is 70.1 Å². The topological polar surface area (TPSA) is 63.4 Å². The number of hydrogen-bond acceptors (Lipinski definition) is 4. The number of pyridine rings is 1. The van der Waals surface area contributed by atoms with Gasteiger partial charge in [-0.25, -0.2) is 0 Å². The summed E-state index contributed by atoms with van der Waals surface area (Å²) in [6, 6.07) is 15.3. The van der Waals surface area contributed by atoms with E-state index in [0.717, 1.165) is 22.3 Å². The van der Waals surface area contributed by atoms with E-state index >= 15 is 0 Å². The molecule has 0 radical (unpaired) electrons. The average molecular weight is 439 g/mol. The van der Waals surface area contributed by atoms with Crippen LogP contribution < -0.4 is 5.43 Å². The Bertz CT molecular complexity index is 1420. The van der Waals surface area contributed by atoms with Crippen LogP contribution in [0.3, 0.4) is 0 Å². The van der Waals surface area contributed by atoms with Crippen LogP contribution in [-0.4, -0.2) is 15.8 Å². The Balaban J connectivity index is 1.73. The van der Waals surface area contributed by atoms with Crippen LogP contribution in [0.25, 0.3) is 11.0 Å². The molecule has 3 heterocycles. The highest BCUT2D eigenvalue weighted by Gasteiger charge is 2.42. The van der Waals surface area contributed by atoms with Gasteiger partial charge in [-0.3, -0.25) is 14.6 Å². The molecule has 166 valence electrons. The maximum atomic E-state index is 13.8. The minimum absolute atomic E-state index is 0.140. The highest BCUT2D eigenvalue weighted by Crippen LogP contribution is 2.39. The Morgan fingerprint density at radius 3 is 2.48 bits per heavy atom. The van der Waals surface area contributed by atoms with E-state index in [1.165, 1.54) is 5.56 Å². The lowest BCUT2D eigenvalue weighted by molar-refractivity contribution is 0.0714. The fraction of sp³-hybridized carbons (Fsp3) is 0.250. The van der Waals surface area contributed by atoms with Gasteiger partial charge >= 0.3 is 0 Å². The lowest BCUT2D eigenvalue weighted by Crippen LogP contribution is -2.29. The molecule has 5 rings (SSSR count). The lowest BCUT2D eigenvalue weighted by atomic mass is 9.94. The zero-order chi connectivity index (χ0) is 23.3. The predicted octanol–water partition coefficient (Wildman–Crippen LogP) is 5.67. The molecule has 0 N–H and O–H groups in total. The standard InChI is InChI=1S/C28H26N2O3/c1-16(2)20-7-9-21(10-8-20)24-23-25(31)22-13-17(3)12-18(4)26(22)33-27(23)28(32)30(24)15-19-6-5-11-29-14-19/h5-14,16,24H,15H2,1-4H3/t24-/m1/s1. The SMILES string of the molecule is Cc1cc(C)c2oc3c(c(=O)c2c1)[C@@H](c1ccc(C(C)C)cc1)N(Cc1cccnc1)C3=O. The fourth-order valence-corrected chi connectivity index (χ4v) is 4.74. The molecule has 4 aromatic rings. The van der Waals surface area contributed by atoms with Crippen LogP contribution >= 0.6 is 0 Å². The fourth-order valence-electron chi connectivity index (χ4n) is 4.74. The van der Waals surface area contributed by atoms with E-state index in [-0.39, 0.29) is 17.1 Å². The highest BCUT2D eigenvalue weighted by molar-refractivity contribution is 5.99. The summed E-state index contributed by atoms with van der Waals surface area (Å²) in [5, 5.41) is 0.520. The minimum atomic E-state index is -0.518. The van der Waals surface area contributed by atoms with Gasteiger partial charge in [0.05, 0.1) is 17.0 Å². The van der Waals surface area contributed by atoms with E-state index in [2.05, 4.69) is 31.0 Å². The molecule has 5 nitrogen and oxygen atoms in total. The second-order valence-corrected chi connectivity index (χ2v) is 9.15. The third kappa shape index (κ3) is 3.54. The molecule has 0 unspecified atom stereocenters. The Hall–Kier alpha value is -3.73. The van der Waals surface area contributed by atoms with Crippen molar-refractivity contribution in [3.05, 3.63) is 110 Å². The Kier molecular flexibility index (Phi) is 5.12. The molecule has 0 saturated carbocycles. The van der Waals surface area contributed by atoms with Gasteiger partial charge in [0.1, 0.15) is 5.58 Å². The zero-order valence-electron chi connectivity index (χ0n) is 19.3. The molecule has 0 saturated heterocycles. The van der Waals surface area contributed by atoms with Crippen LogP contribution in [0.4, 0.5) is 0 Å². The molecule has 1 aliphatic rings. The number of fused-ring (bicyclic) bond motifs is 2. The summed E-state index contributed by atoms with van der Waals surface area (Å²) in [6.07, 6.45) is 3.45. The van der Waals surface area contributed by atoms with Gasteiger partial charge in [-0.2, -0.15) is 0 Å². The van der Waals surface area contributed by atoms with Crippen LogP contribution in [0, 0.1) is 13.8 Å². The van der Waals surface area contributed by atoms with Crippen molar-refractivity contribution in [2.75, 3.05) is 0 Å². The first-order chi connectivity index (χ1) is 15.8. The van der Waals surface area contributed by atoms with Gasteiger partial charge in [0, 0.05) is 18.9 Å². The molecular weight excluding hydrogens is 412 g/mol. The molecule has 33 heavy (non-hydrogen) atoms. The van der Waals surface area contributed by atoms with Gasteiger partial charge in [0.2, 0.25) is 5.76 Å². The van der Waals surface area contributed by atoms with Crippen molar-refractivity contribution in [3.63, 3.8) is 0 Å². The summed E-state index contributed by atoms with van der Waals surface area (Å²) in [5.41, 5.74) is 5.59. The summed E-state index contributed by atoms with van der Waals surface area (Å²) < 4.78 is 6.16. The summed E-state index contributed by atoms with van der Waals surface area (Å²) in [5.74, 6) is 0.259. The molecule has 1 aliphatic heterocycles. The number of carbonyl (C=O) groups excluding carboxylic acids is 1. The van der Waals surface area contributed by atoms with E-state index in [1.54, 1.807) is 17.3 Å². The van der Waals surface area contributed by atoms with Gasteiger partial charge in [0.25, 0.3) is 5.91 Å². The van der Waals surface area contributed by atoms with Crippen LogP contribution in [0.1, 0.15) is 69.7 Å².